The van der Waals surface area contributed by atoms with Crippen LogP contribution in [0.2, 0.25) is 0 Å². The van der Waals surface area contributed by atoms with Gasteiger partial charge in [-0.15, -0.1) is 12.4 Å². The maximum Gasteiger partial charge on any atom is 0.278 e. The number of nitrogens with zero attached hydrogens (tertiary/aromatic N) is 5. The van der Waals surface area contributed by atoms with E-state index in [4.69, 9.17) is 4.98 Å². The van der Waals surface area contributed by atoms with Crippen molar-refractivity contribution >= 4 is 45.0 Å². The predicted molar refractivity (Wildman–Crippen MR) is 124 cm³/mol. The van der Waals surface area contributed by atoms with Crippen LogP contribution < -0.4 is 4.90 Å². The van der Waals surface area contributed by atoms with Gasteiger partial charge in [0.05, 0.1) is 15.9 Å². The fourth-order valence-corrected chi connectivity index (χ4v) is 4.31. The predicted octanol–water partition coefficient (Wildman–Crippen LogP) is 4.63. The molecule has 2 heterocycles. The molecule has 8 heteroatoms. The van der Waals surface area contributed by atoms with Gasteiger partial charge < -0.3 is 4.90 Å². The molecule has 0 N–H and O–H groups in total. The molecule has 0 radical (unpaired) electrons. The first kappa shape index (κ1) is 23.3. The van der Waals surface area contributed by atoms with Gasteiger partial charge in [0.2, 0.25) is 0 Å². The molecule has 1 aromatic carbocycles. The van der Waals surface area contributed by atoms with Crippen LogP contribution in [-0.2, 0) is 0 Å². The molecule has 2 aromatic heterocycles. The quantitative estimate of drug-likeness (QED) is 0.566. The molecule has 0 aliphatic heterocycles. The number of anilines is 1. The van der Waals surface area contributed by atoms with Crippen LogP contribution in [0.5, 0.6) is 0 Å². The summed E-state index contributed by atoms with van der Waals surface area (Å²) in [6.45, 7) is 11.5. The lowest BCUT2D eigenvalue weighted by Crippen LogP contribution is -2.38. The zero-order valence-corrected chi connectivity index (χ0v) is 19.8. The summed E-state index contributed by atoms with van der Waals surface area (Å²) < 4.78 is 2.94. The van der Waals surface area contributed by atoms with Gasteiger partial charge in [-0.25, -0.2) is 4.98 Å². The third-order valence-electron chi connectivity index (χ3n) is 4.62. The molecule has 0 spiro atoms. The lowest BCUT2D eigenvalue weighted by molar-refractivity contribution is 0.0973. The second-order valence-electron chi connectivity index (χ2n) is 7.90. The van der Waals surface area contributed by atoms with Crippen LogP contribution in [0, 0.1) is 20.8 Å². The number of hydrogen-bond acceptors (Lipinski definition) is 5. The van der Waals surface area contributed by atoms with Crippen molar-refractivity contribution in [1.29, 1.82) is 0 Å². The summed E-state index contributed by atoms with van der Waals surface area (Å²) in [6, 6.07) is 6.23. The highest BCUT2D eigenvalue weighted by molar-refractivity contribution is 7.22. The second kappa shape index (κ2) is 9.24. The van der Waals surface area contributed by atoms with Crippen LogP contribution in [0.25, 0.3) is 10.2 Å². The van der Waals surface area contributed by atoms with Gasteiger partial charge in [0.1, 0.15) is 5.69 Å². The van der Waals surface area contributed by atoms with Crippen LogP contribution in [0.1, 0.15) is 47.2 Å². The summed E-state index contributed by atoms with van der Waals surface area (Å²) in [6.07, 6.45) is 0. The van der Waals surface area contributed by atoms with Crippen LogP contribution in [0.4, 0.5) is 5.13 Å². The van der Waals surface area contributed by atoms with E-state index in [9.17, 15) is 4.79 Å². The lowest BCUT2D eigenvalue weighted by atomic mass is 10.1. The molecule has 6 nitrogen and oxygen atoms in total. The third kappa shape index (κ3) is 4.97. The fourth-order valence-electron chi connectivity index (χ4n) is 3.27. The average molecular weight is 436 g/mol. The molecule has 3 rings (SSSR count). The molecular formula is C21H30ClN5OS. The molecule has 3 aromatic rings. The minimum Gasteiger partial charge on any atom is -0.308 e. The van der Waals surface area contributed by atoms with Gasteiger partial charge >= 0.3 is 0 Å². The number of aromatic nitrogens is 3. The summed E-state index contributed by atoms with van der Waals surface area (Å²) in [5.74, 6) is -0.0513. The number of likely N-dealkylation sites (N-methyl/N-ethyl adjacent to an activating group) is 1. The molecule has 0 atom stereocenters. The number of carbonyl (C=O) groups excluding carboxylic acids is 1. The van der Waals surface area contributed by atoms with Crippen LogP contribution in [0.15, 0.2) is 18.2 Å². The lowest BCUT2D eigenvalue weighted by Gasteiger charge is -2.22. The molecule has 0 aliphatic rings. The highest BCUT2D eigenvalue weighted by Gasteiger charge is 2.26. The molecule has 0 saturated carbocycles. The molecule has 0 bridgehead atoms. The minimum atomic E-state index is -0.0513. The number of hydrogen-bond donors (Lipinski definition) is 0. The Labute approximate surface area is 182 Å². The first-order valence-electron chi connectivity index (χ1n) is 9.58. The highest BCUT2D eigenvalue weighted by Crippen LogP contribution is 2.33. The van der Waals surface area contributed by atoms with E-state index in [1.165, 1.54) is 11.1 Å². The first-order chi connectivity index (χ1) is 13.2. The number of thiazole rings is 1. The van der Waals surface area contributed by atoms with Gasteiger partial charge in [-0.05, 0) is 72.0 Å². The molecule has 0 unspecified atom stereocenters. The monoisotopic (exact) mass is 435 g/mol. The molecule has 0 fully saturated rings. The topological polar surface area (TPSA) is 54.3 Å². The van der Waals surface area contributed by atoms with Crippen molar-refractivity contribution in [3.63, 3.8) is 0 Å². The van der Waals surface area contributed by atoms with Crippen molar-refractivity contribution < 1.29 is 4.79 Å². The fraction of sp³-hybridized carbons (Fsp3) is 0.476. The Morgan fingerprint density at radius 1 is 1.14 bits per heavy atom. The smallest absolute Gasteiger partial charge is 0.278 e. The number of aryl methyl sites for hydroxylation is 3. The molecule has 1 amide bonds. The Morgan fingerprint density at radius 3 is 2.45 bits per heavy atom. The van der Waals surface area contributed by atoms with Gasteiger partial charge in [0.15, 0.2) is 5.13 Å². The first-order valence-corrected chi connectivity index (χ1v) is 10.4. The Kier molecular flexibility index (Phi) is 7.43. The number of benzene rings is 1. The van der Waals surface area contributed by atoms with Crippen LogP contribution >= 0.6 is 23.7 Å². The maximum absolute atomic E-state index is 13.5. The SMILES string of the molecule is Cc1cc(C)c2sc(N(CCN(C)C)C(=O)c3cc(C)nn3C(C)C)nc2c1.Cl. The zero-order valence-electron chi connectivity index (χ0n) is 18.2. The number of fused-ring (bicyclic) bond motifs is 1. The summed E-state index contributed by atoms with van der Waals surface area (Å²) >= 11 is 1.58. The van der Waals surface area contributed by atoms with Crippen LogP contribution in [0.3, 0.4) is 0 Å². The molecule has 0 saturated heterocycles. The standard InChI is InChI=1S/C21H29N5OS.ClH/c1-13(2)26-18(12-16(5)23-26)20(27)25(9-8-24(6)7)21-22-17-11-14(3)10-15(4)19(17)28-21;/h10-13H,8-9H2,1-7H3;1H. The Hall–Kier alpha value is -1.96. The van der Waals surface area contributed by atoms with Crippen molar-refractivity contribution in [2.45, 2.75) is 40.7 Å². The largest absolute Gasteiger partial charge is 0.308 e. The van der Waals surface area contributed by atoms with Gasteiger partial charge in [0.25, 0.3) is 5.91 Å². The summed E-state index contributed by atoms with van der Waals surface area (Å²) in [7, 11) is 4.02. The number of amides is 1. The minimum absolute atomic E-state index is 0. The van der Waals surface area contributed by atoms with E-state index in [1.807, 2.05) is 45.6 Å². The summed E-state index contributed by atoms with van der Waals surface area (Å²) in [5.41, 5.74) is 4.79. The van der Waals surface area contributed by atoms with E-state index in [1.54, 1.807) is 16.2 Å². The molecular weight excluding hydrogens is 406 g/mol. The van der Waals surface area contributed by atoms with E-state index < -0.39 is 0 Å². The van der Waals surface area contributed by atoms with Crippen molar-refractivity contribution in [3.05, 3.63) is 40.7 Å². The summed E-state index contributed by atoms with van der Waals surface area (Å²) in [5, 5.41) is 5.25. The van der Waals surface area contributed by atoms with Crippen molar-refractivity contribution in [2.75, 3.05) is 32.1 Å². The molecule has 29 heavy (non-hydrogen) atoms. The van der Waals surface area contributed by atoms with Gasteiger partial charge in [0, 0.05) is 19.1 Å². The average Bonchev–Trinajstić information content (AvgIpc) is 3.18. The zero-order chi connectivity index (χ0) is 20.6. The van der Waals surface area contributed by atoms with E-state index in [0.29, 0.717) is 12.2 Å². The van der Waals surface area contributed by atoms with E-state index in [0.717, 1.165) is 27.6 Å². The van der Waals surface area contributed by atoms with E-state index in [-0.39, 0.29) is 24.4 Å². The number of rotatable bonds is 6. The third-order valence-corrected chi connectivity index (χ3v) is 5.85. The van der Waals surface area contributed by atoms with Crippen molar-refractivity contribution in [2.24, 2.45) is 0 Å². The van der Waals surface area contributed by atoms with Crippen molar-refractivity contribution in [1.82, 2.24) is 19.7 Å². The Balaban J connectivity index is 0.00000300. The van der Waals surface area contributed by atoms with Crippen molar-refractivity contribution in [3.8, 4) is 0 Å². The van der Waals surface area contributed by atoms with E-state index >= 15 is 0 Å². The number of carbonyl (C=O) groups is 1. The maximum atomic E-state index is 13.5. The normalized spacial score (nSPS) is 11.3. The highest BCUT2D eigenvalue weighted by atomic mass is 35.5. The van der Waals surface area contributed by atoms with Gasteiger partial charge in [-0.3, -0.25) is 14.4 Å². The van der Waals surface area contributed by atoms with Gasteiger partial charge in [-0.1, -0.05) is 17.4 Å². The van der Waals surface area contributed by atoms with E-state index in [2.05, 4.69) is 36.0 Å². The molecule has 0 aliphatic carbocycles. The molecule has 158 valence electrons. The Morgan fingerprint density at radius 2 is 1.83 bits per heavy atom. The second-order valence-corrected chi connectivity index (χ2v) is 8.87. The van der Waals surface area contributed by atoms with Gasteiger partial charge in [-0.2, -0.15) is 5.10 Å². The number of halogens is 1. The summed E-state index contributed by atoms with van der Waals surface area (Å²) in [4.78, 5) is 22.2. The Bertz CT molecular complexity index is 1010. The van der Waals surface area contributed by atoms with Crippen LogP contribution in [-0.4, -0.2) is 52.8 Å².